The third kappa shape index (κ3) is 4.49. The van der Waals surface area contributed by atoms with Gasteiger partial charge in [0.25, 0.3) is 0 Å². The van der Waals surface area contributed by atoms with Gasteiger partial charge in [-0.05, 0) is 49.2 Å². The van der Waals surface area contributed by atoms with E-state index in [-0.39, 0.29) is 29.2 Å². The van der Waals surface area contributed by atoms with Crippen molar-refractivity contribution in [3.05, 3.63) is 29.3 Å². The molecule has 0 N–H and O–H groups in total. The standard InChI is InChI=1S/C17H23N5O3S2/c1-4-21(14-7-8-27(24,25)11-14)16(23)10-26-17-18-19-20-22(17)15-6-5-12(2)9-13(15)3/h5-6,9,14H,4,7-8,10-11H2,1-3H3. The van der Waals surface area contributed by atoms with Crippen molar-refractivity contribution in [2.45, 2.75) is 38.4 Å². The molecule has 0 saturated carbocycles. The molecule has 0 bridgehead atoms. The Labute approximate surface area is 163 Å². The topological polar surface area (TPSA) is 98.1 Å². The lowest BCUT2D eigenvalue weighted by molar-refractivity contribution is -0.129. The number of carbonyl (C=O) groups is 1. The van der Waals surface area contributed by atoms with Crippen LogP contribution in [0.3, 0.4) is 0 Å². The number of amides is 1. The summed E-state index contributed by atoms with van der Waals surface area (Å²) in [7, 11) is -3.03. The van der Waals surface area contributed by atoms with Crippen LogP contribution in [0.25, 0.3) is 5.69 Å². The number of hydrogen-bond acceptors (Lipinski definition) is 7. The Hall–Kier alpha value is -1.94. The second-order valence-electron chi connectivity index (χ2n) is 6.69. The lowest BCUT2D eigenvalue weighted by Crippen LogP contribution is -2.42. The Kier molecular flexibility index (Phi) is 5.85. The van der Waals surface area contributed by atoms with Gasteiger partial charge >= 0.3 is 0 Å². The first-order chi connectivity index (χ1) is 12.8. The van der Waals surface area contributed by atoms with Crippen LogP contribution in [0, 0.1) is 13.8 Å². The number of tetrazole rings is 1. The van der Waals surface area contributed by atoms with Gasteiger partial charge in [-0.25, -0.2) is 8.42 Å². The first-order valence-electron chi connectivity index (χ1n) is 8.79. The van der Waals surface area contributed by atoms with Crippen LogP contribution in [-0.2, 0) is 14.6 Å². The quantitative estimate of drug-likeness (QED) is 0.665. The largest absolute Gasteiger partial charge is 0.338 e. The highest BCUT2D eigenvalue weighted by molar-refractivity contribution is 7.99. The number of carbonyl (C=O) groups excluding carboxylic acids is 1. The average Bonchev–Trinajstić information content (AvgIpc) is 3.20. The molecule has 1 aromatic heterocycles. The molecule has 0 radical (unpaired) electrons. The summed E-state index contributed by atoms with van der Waals surface area (Å²) in [5, 5.41) is 12.4. The smallest absolute Gasteiger partial charge is 0.233 e. The fraction of sp³-hybridized carbons (Fsp3) is 0.529. The van der Waals surface area contributed by atoms with Gasteiger partial charge in [-0.2, -0.15) is 4.68 Å². The van der Waals surface area contributed by atoms with Gasteiger partial charge in [0.05, 0.1) is 22.9 Å². The van der Waals surface area contributed by atoms with E-state index in [0.29, 0.717) is 18.1 Å². The van der Waals surface area contributed by atoms with Gasteiger partial charge < -0.3 is 4.90 Å². The van der Waals surface area contributed by atoms with Crippen LogP contribution in [0.5, 0.6) is 0 Å². The van der Waals surface area contributed by atoms with E-state index in [0.717, 1.165) is 16.8 Å². The van der Waals surface area contributed by atoms with Gasteiger partial charge in [0.2, 0.25) is 11.1 Å². The van der Waals surface area contributed by atoms with Crippen LogP contribution < -0.4 is 0 Å². The molecule has 1 fully saturated rings. The van der Waals surface area contributed by atoms with Crippen LogP contribution >= 0.6 is 11.8 Å². The minimum absolute atomic E-state index is 0.0531. The number of aryl methyl sites for hydroxylation is 2. The molecule has 8 nitrogen and oxygen atoms in total. The average molecular weight is 410 g/mol. The van der Waals surface area contributed by atoms with Crippen molar-refractivity contribution in [1.82, 2.24) is 25.1 Å². The highest BCUT2D eigenvalue weighted by Crippen LogP contribution is 2.23. The summed E-state index contributed by atoms with van der Waals surface area (Å²) >= 11 is 1.26. The number of benzene rings is 1. The Morgan fingerprint density at radius 2 is 2.15 bits per heavy atom. The maximum Gasteiger partial charge on any atom is 0.233 e. The molecular formula is C17H23N5O3S2. The van der Waals surface area contributed by atoms with E-state index in [1.807, 2.05) is 32.9 Å². The van der Waals surface area contributed by atoms with E-state index < -0.39 is 9.84 Å². The summed E-state index contributed by atoms with van der Waals surface area (Å²) in [5.41, 5.74) is 3.07. The summed E-state index contributed by atoms with van der Waals surface area (Å²) in [6.07, 6.45) is 0.507. The van der Waals surface area contributed by atoms with Gasteiger partial charge in [-0.3, -0.25) is 4.79 Å². The number of aromatic nitrogens is 4. The first-order valence-corrected chi connectivity index (χ1v) is 11.6. The van der Waals surface area contributed by atoms with Crippen LogP contribution in [0.1, 0.15) is 24.5 Å². The van der Waals surface area contributed by atoms with E-state index in [2.05, 4.69) is 21.6 Å². The van der Waals surface area contributed by atoms with Crippen molar-refractivity contribution < 1.29 is 13.2 Å². The molecule has 2 aromatic rings. The van der Waals surface area contributed by atoms with Crippen molar-refractivity contribution >= 4 is 27.5 Å². The number of nitrogens with zero attached hydrogens (tertiary/aromatic N) is 5. The van der Waals surface area contributed by atoms with E-state index in [9.17, 15) is 13.2 Å². The molecule has 1 amide bonds. The molecule has 1 aliphatic heterocycles. The van der Waals surface area contributed by atoms with Gasteiger partial charge in [-0.15, -0.1) is 5.10 Å². The summed E-state index contributed by atoms with van der Waals surface area (Å²) in [6, 6.07) is 5.76. The summed E-state index contributed by atoms with van der Waals surface area (Å²) in [4.78, 5) is 14.3. The molecule has 146 valence electrons. The maximum absolute atomic E-state index is 12.7. The molecule has 27 heavy (non-hydrogen) atoms. The Balaban J connectivity index is 1.70. The molecule has 1 aliphatic rings. The molecule has 1 unspecified atom stereocenters. The minimum Gasteiger partial charge on any atom is -0.338 e. The van der Waals surface area contributed by atoms with Gasteiger partial charge in [0.1, 0.15) is 0 Å². The lowest BCUT2D eigenvalue weighted by atomic mass is 10.1. The highest BCUT2D eigenvalue weighted by Gasteiger charge is 2.33. The van der Waals surface area contributed by atoms with Crippen LogP contribution in [0.2, 0.25) is 0 Å². The van der Waals surface area contributed by atoms with Crippen molar-refractivity contribution in [3.8, 4) is 5.69 Å². The van der Waals surface area contributed by atoms with Crippen molar-refractivity contribution in [2.24, 2.45) is 0 Å². The van der Waals surface area contributed by atoms with Gasteiger partial charge in [0, 0.05) is 12.6 Å². The zero-order valence-corrected chi connectivity index (χ0v) is 17.3. The number of hydrogen-bond donors (Lipinski definition) is 0. The van der Waals surface area contributed by atoms with Gasteiger partial charge in [-0.1, -0.05) is 29.5 Å². The molecule has 10 heteroatoms. The minimum atomic E-state index is -3.03. The molecule has 1 atom stereocenters. The fourth-order valence-electron chi connectivity index (χ4n) is 3.33. The van der Waals surface area contributed by atoms with Crippen LogP contribution in [0.4, 0.5) is 0 Å². The predicted molar refractivity (Wildman–Crippen MR) is 104 cm³/mol. The Bertz CT molecular complexity index is 942. The fourth-order valence-corrected chi connectivity index (χ4v) is 5.83. The zero-order chi connectivity index (χ0) is 19.6. The summed E-state index contributed by atoms with van der Waals surface area (Å²) < 4.78 is 25.1. The number of sulfone groups is 1. The summed E-state index contributed by atoms with van der Waals surface area (Å²) in [5.74, 6) is 0.270. The lowest BCUT2D eigenvalue weighted by Gasteiger charge is -2.26. The second kappa shape index (κ2) is 7.97. The number of rotatable bonds is 6. The predicted octanol–water partition coefficient (Wildman–Crippen LogP) is 1.41. The van der Waals surface area contributed by atoms with Crippen LogP contribution in [0.15, 0.2) is 23.4 Å². The molecule has 1 aromatic carbocycles. The van der Waals surface area contributed by atoms with Crippen molar-refractivity contribution in [3.63, 3.8) is 0 Å². The highest BCUT2D eigenvalue weighted by atomic mass is 32.2. The van der Waals surface area contributed by atoms with Crippen molar-refractivity contribution in [2.75, 3.05) is 23.8 Å². The SMILES string of the molecule is CCN(C(=O)CSc1nnnn1-c1ccc(C)cc1C)C1CCS(=O)(=O)C1. The van der Waals surface area contributed by atoms with E-state index in [4.69, 9.17) is 0 Å². The maximum atomic E-state index is 12.7. The molecular weight excluding hydrogens is 386 g/mol. The molecule has 0 spiro atoms. The first kappa shape index (κ1) is 19.8. The molecule has 1 saturated heterocycles. The third-order valence-corrected chi connectivity index (χ3v) is 7.31. The summed E-state index contributed by atoms with van der Waals surface area (Å²) in [6.45, 7) is 6.37. The third-order valence-electron chi connectivity index (χ3n) is 4.66. The van der Waals surface area contributed by atoms with E-state index in [1.54, 1.807) is 9.58 Å². The number of thioether (sulfide) groups is 1. The Morgan fingerprint density at radius 1 is 1.37 bits per heavy atom. The van der Waals surface area contributed by atoms with E-state index in [1.165, 1.54) is 11.8 Å². The van der Waals surface area contributed by atoms with Crippen LogP contribution in [-0.4, -0.2) is 69.3 Å². The monoisotopic (exact) mass is 409 g/mol. The zero-order valence-electron chi connectivity index (χ0n) is 15.6. The molecule has 3 rings (SSSR count). The second-order valence-corrected chi connectivity index (χ2v) is 9.86. The normalized spacial score (nSPS) is 18.6. The molecule has 2 heterocycles. The Morgan fingerprint density at radius 3 is 2.78 bits per heavy atom. The molecule has 0 aliphatic carbocycles. The van der Waals surface area contributed by atoms with Crippen molar-refractivity contribution in [1.29, 1.82) is 0 Å². The van der Waals surface area contributed by atoms with Gasteiger partial charge in [0.15, 0.2) is 9.84 Å². The van der Waals surface area contributed by atoms with E-state index >= 15 is 0 Å².